The van der Waals surface area contributed by atoms with E-state index in [0.29, 0.717) is 38.8 Å². The van der Waals surface area contributed by atoms with Crippen LogP contribution in [0.5, 0.6) is 0 Å². The van der Waals surface area contributed by atoms with Gasteiger partial charge in [-0.2, -0.15) is 0 Å². The Morgan fingerprint density at radius 1 is 1.33 bits per heavy atom. The summed E-state index contributed by atoms with van der Waals surface area (Å²) in [6, 6.07) is 9.73. The average Bonchev–Trinajstić information content (AvgIpc) is 2.54. The molecule has 5 nitrogen and oxygen atoms in total. The van der Waals surface area contributed by atoms with E-state index in [9.17, 15) is 4.79 Å². The molecule has 2 rings (SSSR count). The van der Waals surface area contributed by atoms with Crippen molar-refractivity contribution in [2.45, 2.75) is 19.4 Å². The van der Waals surface area contributed by atoms with Crippen LogP contribution in [-0.4, -0.2) is 43.8 Å². The Bertz CT molecular complexity index is 425. The summed E-state index contributed by atoms with van der Waals surface area (Å²) in [6.07, 6.45) is 1.85. The van der Waals surface area contributed by atoms with Gasteiger partial charge in [0, 0.05) is 25.6 Å². The number of hydrogen-bond donors (Lipinski definition) is 1. The van der Waals surface area contributed by atoms with Gasteiger partial charge >= 0.3 is 6.09 Å². The van der Waals surface area contributed by atoms with Crippen molar-refractivity contribution < 1.29 is 14.3 Å². The number of likely N-dealkylation sites (tertiary alicyclic amines) is 1. The summed E-state index contributed by atoms with van der Waals surface area (Å²) in [5, 5.41) is 0. The normalized spacial score (nSPS) is 18.5. The lowest BCUT2D eigenvalue weighted by Crippen LogP contribution is -2.41. The summed E-state index contributed by atoms with van der Waals surface area (Å²) < 4.78 is 10.8. The standard InChI is InChI=1S/C16H24N2O3/c17-8-10-20-12-15-7-4-9-18(11-15)16(19)21-13-14-5-2-1-3-6-14/h1-3,5-6,15H,4,7-13,17H2/t15-/m1/s1. The lowest BCUT2D eigenvalue weighted by atomic mass is 9.99. The van der Waals surface area contributed by atoms with Crippen LogP contribution >= 0.6 is 0 Å². The van der Waals surface area contributed by atoms with E-state index < -0.39 is 0 Å². The molecule has 1 aliphatic rings. The molecule has 1 aliphatic heterocycles. The SMILES string of the molecule is NCCOC[C@@H]1CCCN(C(=O)OCc2ccccc2)C1. The van der Waals surface area contributed by atoms with Gasteiger partial charge in [-0.1, -0.05) is 30.3 Å². The number of hydrogen-bond acceptors (Lipinski definition) is 4. The van der Waals surface area contributed by atoms with Gasteiger partial charge in [-0.25, -0.2) is 4.79 Å². The average molecular weight is 292 g/mol. The van der Waals surface area contributed by atoms with Crippen LogP contribution in [0.4, 0.5) is 4.79 Å². The third kappa shape index (κ3) is 5.36. The number of nitrogens with two attached hydrogens (primary N) is 1. The third-order valence-electron chi connectivity index (χ3n) is 3.60. The van der Waals surface area contributed by atoms with E-state index in [-0.39, 0.29) is 6.09 Å². The molecule has 5 heteroatoms. The molecule has 1 saturated heterocycles. The number of ether oxygens (including phenoxy) is 2. The molecule has 1 fully saturated rings. The number of amides is 1. The Hall–Kier alpha value is -1.59. The van der Waals surface area contributed by atoms with E-state index in [0.717, 1.165) is 24.9 Å². The minimum absolute atomic E-state index is 0.234. The van der Waals surface area contributed by atoms with Crippen molar-refractivity contribution in [1.82, 2.24) is 4.90 Å². The molecule has 1 atom stereocenters. The number of carbonyl (C=O) groups excluding carboxylic acids is 1. The lowest BCUT2D eigenvalue weighted by Gasteiger charge is -2.31. The second-order valence-electron chi connectivity index (χ2n) is 5.36. The summed E-state index contributed by atoms with van der Waals surface area (Å²) in [6.45, 7) is 3.58. The molecule has 116 valence electrons. The molecule has 0 saturated carbocycles. The first-order valence-electron chi connectivity index (χ1n) is 7.53. The van der Waals surface area contributed by atoms with Crippen LogP contribution in [0.25, 0.3) is 0 Å². The topological polar surface area (TPSA) is 64.8 Å². The Labute approximate surface area is 126 Å². The van der Waals surface area contributed by atoms with Gasteiger partial charge in [-0.3, -0.25) is 0 Å². The summed E-state index contributed by atoms with van der Waals surface area (Å²) in [5.41, 5.74) is 6.41. The monoisotopic (exact) mass is 292 g/mol. The molecular formula is C16H24N2O3. The minimum atomic E-state index is -0.234. The Morgan fingerprint density at radius 2 is 2.14 bits per heavy atom. The summed E-state index contributed by atoms with van der Waals surface area (Å²) >= 11 is 0. The molecule has 1 aromatic carbocycles. The molecule has 0 unspecified atom stereocenters. The highest BCUT2D eigenvalue weighted by Crippen LogP contribution is 2.18. The van der Waals surface area contributed by atoms with Crippen LogP contribution in [0.1, 0.15) is 18.4 Å². The predicted molar refractivity (Wildman–Crippen MR) is 80.8 cm³/mol. The van der Waals surface area contributed by atoms with Crippen molar-refractivity contribution in [3.8, 4) is 0 Å². The van der Waals surface area contributed by atoms with Gasteiger partial charge in [-0.15, -0.1) is 0 Å². The van der Waals surface area contributed by atoms with Gasteiger partial charge in [0.15, 0.2) is 0 Å². The largest absolute Gasteiger partial charge is 0.445 e. The molecule has 0 spiro atoms. The number of benzene rings is 1. The van der Waals surface area contributed by atoms with Crippen LogP contribution in [-0.2, 0) is 16.1 Å². The summed E-state index contributed by atoms with van der Waals surface area (Å²) in [4.78, 5) is 13.9. The highest BCUT2D eigenvalue weighted by molar-refractivity contribution is 5.67. The van der Waals surface area contributed by atoms with Gasteiger partial charge < -0.3 is 20.1 Å². The maximum atomic E-state index is 12.1. The van der Waals surface area contributed by atoms with E-state index in [1.165, 1.54) is 0 Å². The molecule has 0 radical (unpaired) electrons. The molecule has 21 heavy (non-hydrogen) atoms. The van der Waals surface area contributed by atoms with E-state index in [1.807, 2.05) is 30.3 Å². The van der Waals surface area contributed by atoms with Crippen molar-refractivity contribution in [3.63, 3.8) is 0 Å². The molecule has 1 amide bonds. The smallest absolute Gasteiger partial charge is 0.410 e. The van der Waals surface area contributed by atoms with Crippen LogP contribution in [0.15, 0.2) is 30.3 Å². The first kappa shape index (κ1) is 15.8. The van der Waals surface area contributed by atoms with Crippen LogP contribution in [0.2, 0.25) is 0 Å². The zero-order chi connectivity index (χ0) is 14.9. The fourth-order valence-electron chi connectivity index (χ4n) is 2.51. The van der Waals surface area contributed by atoms with Crippen LogP contribution < -0.4 is 5.73 Å². The van der Waals surface area contributed by atoms with Gasteiger partial charge in [0.2, 0.25) is 0 Å². The fourth-order valence-corrected chi connectivity index (χ4v) is 2.51. The molecular weight excluding hydrogens is 268 g/mol. The van der Waals surface area contributed by atoms with Gasteiger partial charge in [0.05, 0.1) is 13.2 Å². The van der Waals surface area contributed by atoms with E-state index in [1.54, 1.807) is 4.90 Å². The molecule has 0 aromatic heterocycles. The molecule has 0 aliphatic carbocycles. The molecule has 2 N–H and O–H groups in total. The Morgan fingerprint density at radius 3 is 2.90 bits per heavy atom. The number of carbonyl (C=O) groups is 1. The van der Waals surface area contributed by atoms with Crippen LogP contribution in [0.3, 0.4) is 0 Å². The summed E-state index contributed by atoms with van der Waals surface area (Å²) in [7, 11) is 0. The zero-order valence-corrected chi connectivity index (χ0v) is 12.4. The van der Waals surface area contributed by atoms with E-state index >= 15 is 0 Å². The first-order chi connectivity index (χ1) is 10.3. The Kier molecular flexibility index (Phi) is 6.50. The number of piperidine rings is 1. The minimum Gasteiger partial charge on any atom is -0.445 e. The highest BCUT2D eigenvalue weighted by atomic mass is 16.6. The van der Waals surface area contributed by atoms with Gasteiger partial charge in [0.1, 0.15) is 6.61 Å². The third-order valence-corrected chi connectivity index (χ3v) is 3.60. The summed E-state index contributed by atoms with van der Waals surface area (Å²) in [5.74, 6) is 0.384. The Balaban J connectivity index is 1.74. The molecule has 0 bridgehead atoms. The quantitative estimate of drug-likeness (QED) is 0.815. The molecule has 1 aromatic rings. The second-order valence-corrected chi connectivity index (χ2v) is 5.36. The van der Waals surface area contributed by atoms with Crippen molar-refractivity contribution in [2.75, 3.05) is 32.8 Å². The maximum absolute atomic E-state index is 12.1. The van der Waals surface area contributed by atoms with Crippen molar-refractivity contribution in [2.24, 2.45) is 11.7 Å². The van der Waals surface area contributed by atoms with Crippen molar-refractivity contribution >= 4 is 6.09 Å². The molecule has 1 heterocycles. The predicted octanol–water partition coefficient (Wildman–Crippen LogP) is 2.01. The van der Waals surface area contributed by atoms with Crippen LogP contribution in [0, 0.1) is 5.92 Å². The highest BCUT2D eigenvalue weighted by Gasteiger charge is 2.24. The number of nitrogens with zero attached hydrogens (tertiary/aromatic N) is 1. The van der Waals surface area contributed by atoms with Crippen molar-refractivity contribution in [3.05, 3.63) is 35.9 Å². The zero-order valence-electron chi connectivity index (χ0n) is 12.4. The first-order valence-corrected chi connectivity index (χ1v) is 7.53. The van der Waals surface area contributed by atoms with E-state index in [2.05, 4.69) is 0 Å². The lowest BCUT2D eigenvalue weighted by molar-refractivity contribution is 0.0482. The second kappa shape index (κ2) is 8.64. The van der Waals surface area contributed by atoms with E-state index in [4.69, 9.17) is 15.2 Å². The van der Waals surface area contributed by atoms with Gasteiger partial charge in [0.25, 0.3) is 0 Å². The van der Waals surface area contributed by atoms with Crippen molar-refractivity contribution in [1.29, 1.82) is 0 Å². The maximum Gasteiger partial charge on any atom is 0.410 e. The fraction of sp³-hybridized carbons (Fsp3) is 0.562. The number of rotatable bonds is 6. The van der Waals surface area contributed by atoms with Gasteiger partial charge in [-0.05, 0) is 18.4 Å².